The Morgan fingerprint density at radius 1 is 0.950 bits per heavy atom. The summed E-state index contributed by atoms with van der Waals surface area (Å²) in [6, 6.07) is 9.75. The molecule has 4 heteroatoms. The molecule has 0 atom stereocenters. The summed E-state index contributed by atoms with van der Waals surface area (Å²) in [5, 5.41) is 0. The maximum Gasteiger partial charge on any atom is 0.417 e. The van der Waals surface area contributed by atoms with E-state index in [0.29, 0.717) is 0 Å². The third kappa shape index (κ3) is 2.74. The minimum absolute atomic E-state index is 0.268. The van der Waals surface area contributed by atoms with Crippen LogP contribution in [0.15, 0.2) is 42.5 Å². The van der Waals surface area contributed by atoms with E-state index in [1.807, 2.05) is 13.8 Å². The molecule has 0 heterocycles. The molecule has 2 aromatic carbocycles. The van der Waals surface area contributed by atoms with Crippen molar-refractivity contribution >= 4 is 5.78 Å². The van der Waals surface area contributed by atoms with Crippen molar-refractivity contribution in [3.05, 3.63) is 70.3 Å². The van der Waals surface area contributed by atoms with Gasteiger partial charge in [-0.2, -0.15) is 13.2 Å². The van der Waals surface area contributed by atoms with Crippen LogP contribution < -0.4 is 0 Å². The van der Waals surface area contributed by atoms with Gasteiger partial charge in [-0.15, -0.1) is 0 Å². The van der Waals surface area contributed by atoms with Gasteiger partial charge in [0.25, 0.3) is 0 Å². The van der Waals surface area contributed by atoms with Crippen LogP contribution in [0.1, 0.15) is 32.6 Å². The van der Waals surface area contributed by atoms with Crippen LogP contribution in [0.2, 0.25) is 0 Å². The molecule has 104 valence electrons. The van der Waals surface area contributed by atoms with E-state index >= 15 is 0 Å². The number of rotatable bonds is 2. The molecule has 0 radical (unpaired) electrons. The largest absolute Gasteiger partial charge is 0.417 e. The Bertz CT molecular complexity index is 657. The van der Waals surface area contributed by atoms with E-state index in [1.165, 1.54) is 18.2 Å². The first-order chi connectivity index (χ1) is 9.30. The number of hydrogen-bond donors (Lipinski definition) is 0. The summed E-state index contributed by atoms with van der Waals surface area (Å²) in [5.41, 5.74) is 0.919. The van der Waals surface area contributed by atoms with Crippen molar-refractivity contribution in [1.29, 1.82) is 0 Å². The van der Waals surface area contributed by atoms with Crippen molar-refractivity contribution in [2.45, 2.75) is 20.0 Å². The molecule has 0 unspecified atom stereocenters. The molecule has 0 saturated carbocycles. The van der Waals surface area contributed by atoms with Crippen LogP contribution in [0.5, 0.6) is 0 Å². The molecule has 20 heavy (non-hydrogen) atoms. The fraction of sp³-hybridized carbons (Fsp3) is 0.188. The fourth-order valence-corrected chi connectivity index (χ4v) is 1.97. The van der Waals surface area contributed by atoms with Crippen LogP contribution in [0.25, 0.3) is 0 Å². The van der Waals surface area contributed by atoms with Gasteiger partial charge in [-0.05, 0) is 37.1 Å². The molecule has 0 aliphatic rings. The molecule has 0 fully saturated rings. The molecule has 0 N–H and O–H groups in total. The highest BCUT2D eigenvalue weighted by atomic mass is 19.4. The van der Waals surface area contributed by atoms with E-state index in [-0.39, 0.29) is 11.1 Å². The van der Waals surface area contributed by atoms with Gasteiger partial charge < -0.3 is 0 Å². The minimum atomic E-state index is -4.54. The number of carbonyl (C=O) groups is 1. The quantitative estimate of drug-likeness (QED) is 0.736. The summed E-state index contributed by atoms with van der Waals surface area (Å²) in [5.74, 6) is -0.610. The van der Waals surface area contributed by atoms with Crippen molar-refractivity contribution in [2.24, 2.45) is 0 Å². The molecule has 0 spiro atoms. The summed E-state index contributed by atoms with van der Waals surface area (Å²) >= 11 is 0. The van der Waals surface area contributed by atoms with Crippen molar-refractivity contribution in [1.82, 2.24) is 0 Å². The molecular formula is C16H13F3O. The number of ketones is 1. The van der Waals surface area contributed by atoms with Crippen LogP contribution in [-0.2, 0) is 6.18 Å². The average molecular weight is 278 g/mol. The van der Waals surface area contributed by atoms with Crippen LogP contribution in [0.4, 0.5) is 13.2 Å². The van der Waals surface area contributed by atoms with Crippen LogP contribution in [0.3, 0.4) is 0 Å². The summed E-state index contributed by atoms with van der Waals surface area (Å²) in [7, 11) is 0. The fourth-order valence-electron chi connectivity index (χ4n) is 1.97. The Hall–Kier alpha value is -2.10. The zero-order chi connectivity index (χ0) is 14.9. The van der Waals surface area contributed by atoms with E-state index in [2.05, 4.69) is 0 Å². The SMILES string of the molecule is Cc1ccc(C(=O)c2ccccc2C(F)(F)F)cc1C. The Morgan fingerprint density at radius 2 is 1.60 bits per heavy atom. The van der Waals surface area contributed by atoms with E-state index in [9.17, 15) is 18.0 Å². The van der Waals surface area contributed by atoms with Gasteiger partial charge in [0.15, 0.2) is 5.78 Å². The zero-order valence-electron chi connectivity index (χ0n) is 11.1. The molecule has 0 aromatic heterocycles. The predicted molar refractivity (Wildman–Crippen MR) is 70.8 cm³/mol. The number of carbonyl (C=O) groups excluding carboxylic acids is 1. The standard InChI is InChI=1S/C16H13F3O/c1-10-7-8-12(9-11(10)2)15(20)13-5-3-4-6-14(13)16(17,18)19/h3-9H,1-2H3. The van der Waals surface area contributed by atoms with Crippen molar-refractivity contribution < 1.29 is 18.0 Å². The van der Waals surface area contributed by atoms with Crippen LogP contribution in [0, 0.1) is 13.8 Å². The highest BCUT2D eigenvalue weighted by Crippen LogP contribution is 2.32. The molecule has 0 bridgehead atoms. The Morgan fingerprint density at radius 3 is 2.20 bits per heavy atom. The topological polar surface area (TPSA) is 17.1 Å². The first kappa shape index (κ1) is 14.3. The summed E-state index contributed by atoms with van der Waals surface area (Å²) in [4.78, 5) is 12.3. The molecule has 2 rings (SSSR count). The lowest BCUT2D eigenvalue weighted by Crippen LogP contribution is -2.13. The first-order valence-electron chi connectivity index (χ1n) is 6.09. The molecule has 0 saturated heterocycles. The molecule has 2 aromatic rings. The number of benzene rings is 2. The van der Waals surface area contributed by atoms with Gasteiger partial charge in [-0.3, -0.25) is 4.79 Å². The third-order valence-electron chi connectivity index (χ3n) is 3.25. The Balaban J connectivity index is 2.51. The second-order valence-electron chi connectivity index (χ2n) is 4.67. The molecular weight excluding hydrogens is 265 g/mol. The van der Waals surface area contributed by atoms with Gasteiger partial charge in [0.1, 0.15) is 0 Å². The van der Waals surface area contributed by atoms with Gasteiger partial charge in [0, 0.05) is 11.1 Å². The average Bonchev–Trinajstić information content (AvgIpc) is 2.40. The molecule has 1 nitrogen and oxygen atoms in total. The first-order valence-corrected chi connectivity index (χ1v) is 6.09. The smallest absolute Gasteiger partial charge is 0.289 e. The van der Waals surface area contributed by atoms with Crippen molar-refractivity contribution in [2.75, 3.05) is 0 Å². The number of hydrogen-bond acceptors (Lipinski definition) is 1. The van der Waals surface area contributed by atoms with Gasteiger partial charge in [0.2, 0.25) is 0 Å². The maximum absolute atomic E-state index is 12.9. The highest BCUT2D eigenvalue weighted by Gasteiger charge is 2.34. The van der Waals surface area contributed by atoms with Crippen LogP contribution in [-0.4, -0.2) is 5.78 Å². The molecule has 0 aliphatic heterocycles. The lowest BCUT2D eigenvalue weighted by Gasteiger charge is -2.12. The van der Waals surface area contributed by atoms with Gasteiger partial charge in [0.05, 0.1) is 5.56 Å². The monoisotopic (exact) mass is 278 g/mol. The van der Waals surface area contributed by atoms with Crippen molar-refractivity contribution in [3.63, 3.8) is 0 Å². The van der Waals surface area contributed by atoms with E-state index in [4.69, 9.17) is 0 Å². The lowest BCUT2D eigenvalue weighted by molar-refractivity contribution is -0.137. The number of alkyl halides is 3. The van der Waals surface area contributed by atoms with E-state index in [0.717, 1.165) is 17.2 Å². The maximum atomic E-state index is 12.9. The lowest BCUT2D eigenvalue weighted by atomic mass is 9.96. The Labute approximate surface area is 115 Å². The minimum Gasteiger partial charge on any atom is -0.289 e. The van der Waals surface area contributed by atoms with Gasteiger partial charge in [-0.25, -0.2) is 0 Å². The van der Waals surface area contributed by atoms with Crippen molar-refractivity contribution in [3.8, 4) is 0 Å². The number of halogens is 3. The van der Waals surface area contributed by atoms with E-state index < -0.39 is 17.5 Å². The summed E-state index contributed by atoms with van der Waals surface area (Å²) in [6.07, 6.45) is -4.54. The van der Waals surface area contributed by atoms with Gasteiger partial charge in [-0.1, -0.05) is 30.3 Å². The van der Waals surface area contributed by atoms with Gasteiger partial charge >= 0.3 is 6.18 Å². The van der Waals surface area contributed by atoms with Crippen LogP contribution >= 0.6 is 0 Å². The number of aryl methyl sites for hydroxylation is 2. The Kier molecular flexibility index (Phi) is 3.66. The summed E-state index contributed by atoms with van der Waals surface area (Å²) in [6.45, 7) is 3.70. The zero-order valence-corrected chi connectivity index (χ0v) is 11.1. The highest BCUT2D eigenvalue weighted by molar-refractivity contribution is 6.10. The van der Waals surface area contributed by atoms with E-state index in [1.54, 1.807) is 18.2 Å². The predicted octanol–water partition coefficient (Wildman–Crippen LogP) is 4.55. The summed E-state index contributed by atoms with van der Waals surface area (Å²) < 4.78 is 38.7. The molecule has 0 aliphatic carbocycles. The molecule has 0 amide bonds. The second kappa shape index (κ2) is 5.12. The second-order valence-corrected chi connectivity index (χ2v) is 4.67. The normalized spacial score (nSPS) is 11.4. The third-order valence-corrected chi connectivity index (χ3v) is 3.25.